The lowest BCUT2D eigenvalue weighted by Gasteiger charge is -2.11. The number of aryl methyl sites for hydroxylation is 2. The van der Waals surface area contributed by atoms with E-state index in [0.29, 0.717) is 6.54 Å². The van der Waals surface area contributed by atoms with Gasteiger partial charge in [-0.25, -0.2) is 5.43 Å². The van der Waals surface area contributed by atoms with Gasteiger partial charge in [-0.2, -0.15) is 13.8 Å². The van der Waals surface area contributed by atoms with Crippen molar-refractivity contribution in [3.05, 3.63) is 41.2 Å². The van der Waals surface area contributed by atoms with Gasteiger partial charge in [-0.05, 0) is 44.0 Å². The fourth-order valence-electron chi connectivity index (χ4n) is 3.23. The molecule has 0 radical (unpaired) electrons. The Morgan fingerprint density at radius 3 is 2.92 bits per heavy atom. The first-order valence-electron chi connectivity index (χ1n) is 8.59. The highest BCUT2D eigenvalue weighted by molar-refractivity contribution is 7.00. The van der Waals surface area contributed by atoms with E-state index in [4.69, 9.17) is 0 Å². The number of fused-ring (bicyclic) bond motifs is 1. The second-order valence-corrected chi connectivity index (χ2v) is 7.22. The lowest BCUT2D eigenvalue weighted by molar-refractivity contribution is -0.123. The number of aromatic nitrogens is 4. The first-order valence-corrected chi connectivity index (χ1v) is 9.32. The van der Waals surface area contributed by atoms with Crippen LogP contribution in [0.4, 0.5) is 0 Å². The highest BCUT2D eigenvalue weighted by Crippen LogP contribution is 2.14. The Bertz CT molecular complexity index is 934. The molecule has 0 aliphatic carbocycles. The molecule has 1 aliphatic rings. The van der Waals surface area contributed by atoms with Gasteiger partial charge in [-0.3, -0.25) is 14.9 Å². The van der Waals surface area contributed by atoms with Gasteiger partial charge in [0.15, 0.2) is 0 Å². The van der Waals surface area contributed by atoms with Crippen molar-refractivity contribution in [2.45, 2.75) is 45.4 Å². The Balaban J connectivity index is 1.30. The number of amides is 1. The van der Waals surface area contributed by atoms with Crippen molar-refractivity contribution in [2.24, 2.45) is 0 Å². The Morgan fingerprint density at radius 2 is 2.12 bits per heavy atom. The lowest BCUT2D eigenvalue weighted by Crippen LogP contribution is -2.43. The number of carbonyl (C=O) groups is 1. The van der Waals surface area contributed by atoms with Gasteiger partial charge in [0.05, 0.1) is 24.0 Å². The van der Waals surface area contributed by atoms with Crippen molar-refractivity contribution in [1.82, 2.24) is 34.7 Å². The minimum atomic E-state index is -0.248. The van der Waals surface area contributed by atoms with Gasteiger partial charge >= 0.3 is 0 Å². The summed E-state index contributed by atoms with van der Waals surface area (Å²) >= 11 is 1.20. The maximum atomic E-state index is 12.4. The highest BCUT2D eigenvalue weighted by Gasteiger charge is 2.29. The zero-order valence-electron chi connectivity index (χ0n) is 14.7. The van der Waals surface area contributed by atoms with E-state index >= 15 is 0 Å². The van der Waals surface area contributed by atoms with Gasteiger partial charge in [0, 0.05) is 18.3 Å². The van der Waals surface area contributed by atoms with Crippen LogP contribution < -0.4 is 16.2 Å². The lowest BCUT2D eigenvalue weighted by atomic mass is 10.1. The Labute approximate surface area is 155 Å². The van der Waals surface area contributed by atoms with Crippen molar-refractivity contribution in [1.29, 1.82) is 0 Å². The molecule has 4 rings (SSSR count). The standard InChI is InChI=1S/C17H21N7OS/c1-10-5-11(2)24(21-10)9-13-7-16(20-19-13)17(25)18-8-12-3-4-14-15(6-12)23-26-22-14/h3-6,13,16,19-20H,7-9H2,1-2H3,(H,18,25). The van der Waals surface area contributed by atoms with Crippen LogP contribution in [0, 0.1) is 13.8 Å². The molecule has 1 aliphatic heterocycles. The van der Waals surface area contributed by atoms with Gasteiger partial charge < -0.3 is 5.32 Å². The molecule has 1 aromatic carbocycles. The molecule has 1 fully saturated rings. The second-order valence-electron chi connectivity index (χ2n) is 6.69. The van der Waals surface area contributed by atoms with Crippen LogP contribution in [-0.4, -0.2) is 36.5 Å². The van der Waals surface area contributed by atoms with E-state index in [0.717, 1.165) is 41.0 Å². The summed E-state index contributed by atoms with van der Waals surface area (Å²) in [4.78, 5) is 12.4. The van der Waals surface area contributed by atoms with Crippen molar-refractivity contribution in [3.63, 3.8) is 0 Å². The van der Waals surface area contributed by atoms with E-state index < -0.39 is 0 Å². The molecule has 3 N–H and O–H groups in total. The Morgan fingerprint density at radius 1 is 1.27 bits per heavy atom. The van der Waals surface area contributed by atoms with E-state index in [9.17, 15) is 4.79 Å². The molecule has 3 heterocycles. The topological polar surface area (TPSA) is 96.8 Å². The average Bonchev–Trinajstić information content (AvgIpc) is 3.33. The Kier molecular flexibility index (Phi) is 4.66. The summed E-state index contributed by atoms with van der Waals surface area (Å²) in [6.45, 7) is 5.25. The SMILES string of the molecule is Cc1cc(C)n(CC2CC(C(=O)NCc3ccc4nsnc4c3)NN2)n1. The molecule has 26 heavy (non-hydrogen) atoms. The first kappa shape index (κ1) is 17.1. The summed E-state index contributed by atoms with van der Waals surface area (Å²) in [6.07, 6.45) is 0.721. The predicted octanol–water partition coefficient (Wildman–Crippen LogP) is 1.06. The Hall–Kier alpha value is -2.36. The molecule has 2 atom stereocenters. The van der Waals surface area contributed by atoms with Crippen molar-refractivity contribution in [3.8, 4) is 0 Å². The van der Waals surface area contributed by atoms with Gasteiger partial charge in [0.1, 0.15) is 17.1 Å². The van der Waals surface area contributed by atoms with Crippen molar-refractivity contribution in [2.75, 3.05) is 0 Å². The number of hydrogen-bond donors (Lipinski definition) is 3. The summed E-state index contributed by atoms with van der Waals surface area (Å²) in [5.74, 6) is -0.00938. The predicted molar refractivity (Wildman–Crippen MR) is 99.4 cm³/mol. The highest BCUT2D eigenvalue weighted by atomic mass is 32.1. The third-order valence-corrected chi connectivity index (χ3v) is 5.14. The first-order chi connectivity index (χ1) is 12.6. The molecule has 2 unspecified atom stereocenters. The molecule has 8 nitrogen and oxygen atoms in total. The summed E-state index contributed by atoms with van der Waals surface area (Å²) in [5.41, 5.74) is 11.2. The molecule has 9 heteroatoms. The number of hydrogen-bond acceptors (Lipinski definition) is 7. The fraction of sp³-hybridized carbons (Fsp3) is 0.412. The zero-order valence-corrected chi connectivity index (χ0v) is 15.5. The zero-order chi connectivity index (χ0) is 18.1. The minimum Gasteiger partial charge on any atom is -0.351 e. The van der Waals surface area contributed by atoms with Crippen LogP contribution in [0.2, 0.25) is 0 Å². The molecule has 3 aromatic rings. The monoisotopic (exact) mass is 371 g/mol. The van der Waals surface area contributed by atoms with E-state index in [1.54, 1.807) is 0 Å². The van der Waals surface area contributed by atoms with Gasteiger partial charge in [-0.15, -0.1) is 0 Å². The van der Waals surface area contributed by atoms with Gasteiger partial charge in [0.2, 0.25) is 5.91 Å². The van der Waals surface area contributed by atoms with Gasteiger partial charge in [-0.1, -0.05) is 6.07 Å². The van der Waals surface area contributed by atoms with Gasteiger partial charge in [0.25, 0.3) is 0 Å². The quantitative estimate of drug-likeness (QED) is 0.620. The number of carbonyl (C=O) groups excluding carboxylic acids is 1. The molecule has 0 spiro atoms. The maximum absolute atomic E-state index is 12.4. The van der Waals surface area contributed by atoms with Crippen molar-refractivity contribution >= 4 is 28.7 Å². The van der Waals surface area contributed by atoms with Crippen LogP contribution in [-0.2, 0) is 17.9 Å². The van der Waals surface area contributed by atoms with Crippen molar-refractivity contribution < 1.29 is 4.79 Å². The number of benzene rings is 1. The third kappa shape index (κ3) is 3.59. The molecular formula is C17H21N7OS. The molecular weight excluding hydrogens is 350 g/mol. The van der Waals surface area contributed by atoms with Crippen LogP contribution in [0.3, 0.4) is 0 Å². The maximum Gasteiger partial charge on any atom is 0.238 e. The third-order valence-electron chi connectivity index (χ3n) is 4.58. The molecule has 1 amide bonds. The number of rotatable bonds is 5. The molecule has 136 valence electrons. The number of nitrogens with zero attached hydrogens (tertiary/aromatic N) is 4. The number of hydrazine groups is 1. The molecule has 0 saturated carbocycles. The van der Waals surface area contributed by atoms with Crippen LogP contribution in [0.15, 0.2) is 24.3 Å². The molecule has 0 bridgehead atoms. The largest absolute Gasteiger partial charge is 0.351 e. The second kappa shape index (κ2) is 7.10. The normalized spacial score (nSPS) is 19.9. The van der Waals surface area contributed by atoms with Crippen LogP contribution in [0.1, 0.15) is 23.4 Å². The average molecular weight is 371 g/mol. The van der Waals surface area contributed by atoms with Crippen LogP contribution in [0.5, 0.6) is 0 Å². The summed E-state index contributed by atoms with van der Waals surface area (Å²) < 4.78 is 10.4. The summed E-state index contributed by atoms with van der Waals surface area (Å²) in [7, 11) is 0. The van der Waals surface area contributed by atoms with E-state index in [1.165, 1.54) is 11.7 Å². The summed E-state index contributed by atoms with van der Waals surface area (Å²) in [5, 5.41) is 7.47. The van der Waals surface area contributed by atoms with E-state index in [1.807, 2.05) is 36.7 Å². The number of nitrogens with one attached hydrogen (secondary N) is 3. The van der Waals surface area contributed by atoms with Crippen LogP contribution >= 0.6 is 11.7 Å². The molecule has 2 aromatic heterocycles. The fourth-order valence-corrected chi connectivity index (χ4v) is 3.75. The van der Waals surface area contributed by atoms with Crippen LogP contribution in [0.25, 0.3) is 11.0 Å². The minimum absolute atomic E-state index is 0.00938. The smallest absolute Gasteiger partial charge is 0.238 e. The van der Waals surface area contributed by atoms with E-state index in [2.05, 4.69) is 36.1 Å². The molecule has 1 saturated heterocycles. The van der Waals surface area contributed by atoms with E-state index in [-0.39, 0.29) is 18.0 Å². The summed E-state index contributed by atoms with van der Waals surface area (Å²) in [6, 6.07) is 7.84.